The second-order valence-electron chi connectivity index (χ2n) is 10.6. The molecule has 0 unspecified atom stereocenters. The van der Waals surface area contributed by atoms with Crippen molar-refractivity contribution < 1.29 is 4.79 Å². The molecule has 4 aliphatic rings. The van der Waals surface area contributed by atoms with Gasteiger partial charge in [0.05, 0.1) is 6.04 Å². The third-order valence-electron chi connectivity index (χ3n) is 8.47. The number of hydrogen-bond acceptors (Lipinski definition) is 2. The molecule has 0 saturated carbocycles. The molecule has 3 saturated heterocycles. The highest BCUT2D eigenvalue weighted by Crippen LogP contribution is 2.45. The van der Waals surface area contributed by atoms with Gasteiger partial charge in [-0.3, -0.25) is 9.69 Å². The van der Waals surface area contributed by atoms with Crippen molar-refractivity contribution in [1.29, 1.82) is 0 Å². The molecule has 2 bridgehead atoms. The van der Waals surface area contributed by atoms with E-state index in [2.05, 4.69) is 58.7 Å². The second kappa shape index (κ2) is 7.51. The number of benzene rings is 1. The van der Waals surface area contributed by atoms with Crippen LogP contribution in [0.4, 0.5) is 0 Å². The van der Waals surface area contributed by atoms with Gasteiger partial charge in [0, 0.05) is 47.8 Å². The highest BCUT2D eigenvalue weighted by Gasteiger charge is 2.47. The molecule has 4 heterocycles. The van der Waals surface area contributed by atoms with E-state index in [1.54, 1.807) is 5.57 Å². The quantitative estimate of drug-likeness (QED) is 0.624. The van der Waals surface area contributed by atoms with Gasteiger partial charge in [0.25, 0.3) is 5.91 Å². The van der Waals surface area contributed by atoms with E-state index in [0.29, 0.717) is 23.9 Å². The summed E-state index contributed by atoms with van der Waals surface area (Å²) in [4.78, 5) is 19.0. The lowest BCUT2D eigenvalue weighted by molar-refractivity contribution is 0.00153. The zero-order valence-corrected chi connectivity index (χ0v) is 19.0. The standard InChI is InChI=1S/C27H35N3O/c1-18(2)29-14-11-22-23(8-5-10-25(22)29)27(31)30-13-6-7-19-15-20-16-21(26(19)30)17-28-12-4-3-9-24(20)28/h5,8,10-11,14-15,18,20-21,24,26H,3-4,6-7,9,12-13,16-17H2,1-2H3/t20-,21-,24+,26+/m0/s1. The van der Waals surface area contributed by atoms with E-state index in [1.807, 2.05) is 6.07 Å². The maximum atomic E-state index is 14.0. The maximum Gasteiger partial charge on any atom is 0.255 e. The first kappa shape index (κ1) is 19.6. The lowest BCUT2D eigenvalue weighted by atomic mass is 9.68. The molecule has 0 radical (unpaired) electrons. The second-order valence-corrected chi connectivity index (χ2v) is 10.6. The van der Waals surface area contributed by atoms with Crippen LogP contribution in [0.25, 0.3) is 10.9 Å². The van der Waals surface area contributed by atoms with E-state index < -0.39 is 0 Å². The van der Waals surface area contributed by atoms with Crippen molar-refractivity contribution >= 4 is 16.8 Å². The molecule has 3 aliphatic heterocycles. The van der Waals surface area contributed by atoms with Crippen LogP contribution in [0.15, 0.2) is 42.1 Å². The Balaban J connectivity index is 1.36. The van der Waals surface area contributed by atoms with E-state index >= 15 is 0 Å². The number of fused-ring (bicyclic) bond motifs is 7. The van der Waals surface area contributed by atoms with Crippen LogP contribution in [0.1, 0.15) is 68.8 Å². The molecule has 4 atom stereocenters. The number of hydrogen-bond donors (Lipinski definition) is 0. The molecule has 1 amide bonds. The fourth-order valence-corrected chi connectivity index (χ4v) is 7.18. The summed E-state index contributed by atoms with van der Waals surface area (Å²) in [6, 6.07) is 9.85. The normalized spacial score (nSPS) is 30.8. The average molecular weight is 418 g/mol. The summed E-state index contributed by atoms with van der Waals surface area (Å²) in [5, 5.41) is 1.10. The van der Waals surface area contributed by atoms with Crippen LogP contribution in [0.5, 0.6) is 0 Å². The third kappa shape index (κ3) is 3.09. The van der Waals surface area contributed by atoms with E-state index in [9.17, 15) is 4.79 Å². The Kier molecular flexibility index (Phi) is 4.75. The van der Waals surface area contributed by atoms with E-state index in [1.165, 1.54) is 50.7 Å². The van der Waals surface area contributed by atoms with Gasteiger partial charge < -0.3 is 9.47 Å². The minimum absolute atomic E-state index is 0.238. The maximum absolute atomic E-state index is 14.0. The fraction of sp³-hybridized carbons (Fsp3) is 0.593. The van der Waals surface area contributed by atoms with E-state index in [0.717, 1.165) is 30.0 Å². The number of rotatable bonds is 2. The molecular formula is C27H35N3O. The predicted molar refractivity (Wildman–Crippen MR) is 125 cm³/mol. The monoisotopic (exact) mass is 417 g/mol. The van der Waals surface area contributed by atoms with E-state index in [-0.39, 0.29) is 5.91 Å². The summed E-state index contributed by atoms with van der Waals surface area (Å²) in [6.45, 7) is 7.73. The van der Waals surface area contributed by atoms with Crippen LogP contribution in [0.3, 0.4) is 0 Å². The lowest BCUT2D eigenvalue weighted by Crippen LogP contribution is -2.60. The van der Waals surface area contributed by atoms with Crippen LogP contribution < -0.4 is 0 Å². The molecule has 0 spiro atoms. The third-order valence-corrected chi connectivity index (χ3v) is 8.47. The smallest absolute Gasteiger partial charge is 0.255 e. The molecule has 1 aromatic carbocycles. The summed E-state index contributed by atoms with van der Waals surface area (Å²) >= 11 is 0. The highest BCUT2D eigenvalue weighted by atomic mass is 16.2. The van der Waals surface area contributed by atoms with Crippen molar-refractivity contribution in [1.82, 2.24) is 14.4 Å². The Morgan fingerprint density at radius 1 is 1.10 bits per heavy atom. The van der Waals surface area contributed by atoms with Gasteiger partial charge in [-0.25, -0.2) is 0 Å². The first-order valence-electron chi connectivity index (χ1n) is 12.5. The summed E-state index contributed by atoms with van der Waals surface area (Å²) in [7, 11) is 0. The average Bonchev–Trinajstić information content (AvgIpc) is 3.23. The van der Waals surface area contributed by atoms with Crippen LogP contribution in [-0.4, -0.2) is 52.0 Å². The van der Waals surface area contributed by atoms with Crippen molar-refractivity contribution in [2.24, 2.45) is 11.8 Å². The van der Waals surface area contributed by atoms with Crippen LogP contribution in [0.2, 0.25) is 0 Å². The van der Waals surface area contributed by atoms with Gasteiger partial charge >= 0.3 is 0 Å². The fourth-order valence-electron chi connectivity index (χ4n) is 7.18. The first-order valence-corrected chi connectivity index (χ1v) is 12.5. The zero-order chi connectivity index (χ0) is 21.1. The van der Waals surface area contributed by atoms with Crippen LogP contribution in [0, 0.1) is 11.8 Å². The molecule has 1 aliphatic carbocycles. The first-order chi connectivity index (χ1) is 15.1. The zero-order valence-electron chi connectivity index (χ0n) is 19.0. The van der Waals surface area contributed by atoms with Gasteiger partial charge in [-0.05, 0) is 82.5 Å². The van der Waals surface area contributed by atoms with Crippen molar-refractivity contribution in [3.8, 4) is 0 Å². The molecule has 4 nitrogen and oxygen atoms in total. The molecule has 3 fully saturated rings. The summed E-state index contributed by atoms with van der Waals surface area (Å²) in [5.41, 5.74) is 3.62. The van der Waals surface area contributed by atoms with Crippen molar-refractivity contribution in [2.45, 2.75) is 70.5 Å². The molecule has 4 heteroatoms. The van der Waals surface area contributed by atoms with Gasteiger partial charge in [-0.1, -0.05) is 24.1 Å². The molecule has 31 heavy (non-hydrogen) atoms. The number of piperidine rings is 3. The summed E-state index contributed by atoms with van der Waals surface area (Å²) in [5.74, 6) is 1.55. The van der Waals surface area contributed by atoms with Crippen molar-refractivity contribution in [2.75, 3.05) is 19.6 Å². The largest absolute Gasteiger partial charge is 0.345 e. The van der Waals surface area contributed by atoms with Gasteiger partial charge in [0.1, 0.15) is 0 Å². The summed E-state index contributed by atoms with van der Waals surface area (Å²) in [6.07, 6.45) is 12.4. The van der Waals surface area contributed by atoms with Crippen LogP contribution in [-0.2, 0) is 0 Å². The number of carbonyl (C=O) groups is 1. The highest BCUT2D eigenvalue weighted by molar-refractivity contribution is 6.06. The molecule has 6 rings (SSSR count). The Hall–Kier alpha value is -2.07. The van der Waals surface area contributed by atoms with Gasteiger partial charge in [-0.2, -0.15) is 0 Å². The summed E-state index contributed by atoms with van der Waals surface area (Å²) < 4.78 is 2.27. The minimum atomic E-state index is 0.238. The van der Waals surface area contributed by atoms with Crippen LogP contribution >= 0.6 is 0 Å². The Bertz CT molecular complexity index is 1030. The van der Waals surface area contributed by atoms with Crippen molar-refractivity contribution in [3.05, 3.63) is 47.7 Å². The minimum Gasteiger partial charge on any atom is -0.345 e. The number of amides is 1. The molecular weight excluding hydrogens is 382 g/mol. The van der Waals surface area contributed by atoms with Gasteiger partial charge in [0.15, 0.2) is 0 Å². The number of carbonyl (C=O) groups excluding carboxylic acids is 1. The number of likely N-dealkylation sites (tertiary alicyclic amines) is 1. The van der Waals surface area contributed by atoms with Gasteiger partial charge in [0.2, 0.25) is 0 Å². The topological polar surface area (TPSA) is 28.5 Å². The molecule has 1 aromatic heterocycles. The van der Waals surface area contributed by atoms with Gasteiger partial charge in [-0.15, -0.1) is 0 Å². The number of aromatic nitrogens is 1. The Morgan fingerprint density at radius 2 is 2.00 bits per heavy atom. The molecule has 164 valence electrons. The predicted octanol–water partition coefficient (Wildman–Crippen LogP) is 5.26. The lowest BCUT2D eigenvalue weighted by Gasteiger charge is -2.54. The molecule has 0 N–H and O–H groups in total. The number of nitrogens with zero attached hydrogens (tertiary/aromatic N) is 3. The molecule has 2 aromatic rings. The Morgan fingerprint density at radius 3 is 2.87 bits per heavy atom. The SMILES string of the molecule is CC(C)n1ccc2c(C(=O)N3CCCC4=C[C@H]5C[C@@H](CN6CCCC[C@H]56)[C@@H]43)cccc21. The van der Waals surface area contributed by atoms with Crippen molar-refractivity contribution in [3.63, 3.8) is 0 Å². The Labute approximate surface area is 185 Å². The van der Waals surface area contributed by atoms with E-state index in [4.69, 9.17) is 0 Å².